The fraction of sp³-hybridized carbons (Fsp3) is 0.462. The Morgan fingerprint density at radius 1 is 1.56 bits per heavy atom. The van der Waals surface area contributed by atoms with Crippen LogP contribution in [-0.4, -0.2) is 23.7 Å². The number of methoxy groups -OCH3 is 1. The van der Waals surface area contributed by atoms with Crippen LogP contribution in [-0.2, 0) is 11.3 Å². The van der Waals surface area contributed by atoms with Crippen LogP contribution in [0.5, 0.6) is 5.75 Å². The minimum atomic E-state index is -0.761. The lowest BCUT2D eigenvalue weighted by molar-refractivity contribution is -0.148. The molecule has 0 aromatic heterocycles. The number of hydrogen-bond donors (Lipinski definition) is 2. The molecule has 1 aromatic rings. The predicted octanol–water partition coefficient (Wildman–Crippen LogP) is 2.55. The predicted molar refractivity (Wildman–Crippen MR) is 71.8 cm³/mol. The maximum atomic E-state index is 11.2. The molecule has 2 rings (SSSR count). The summed E-state index contributed by atoms with van der Waals surface area (Å²) in [5.41, 5.74) is 0.215. The van der Waals surface area contributed by atoms with Gasteiger partial charge in [0, 0.05) is 16.6 Å². The second-order valence-electron chi connectivity index (χ2n) is 4.55. The number of benzene rings is 1. The number of carbonyl (C=O) groups is 1. The Morgan fingerprint density at radius 3 is 2.78 bits per heavy atom. The molecular weight excluding hydrogens is 298 g/mol. The van der Waals surface area contributed by atoms with E-state index in [1.807, 2.05) is 18.2 Å². The maximum absolute atomic E-state index is 11.2. The fourth-order valence-electron chi connectivity index (χ4n) is 2.15. The molecule has 1 aliphatic rings. The lowest BCUT2D eigenvalue weighted by Gasteiger charge is -2.38. The van der Waals surface area contributed by atoms with Crippen LogP contribution in [0.1, 0.15) is 24.8 Å². The quantitative estimate of drug-likeness (QED) is 0.877. The van der Waals surface area contributed by atoms with Crippen molar-refractivity contribution in [3.8, 4) is 5.75 Å². The van der Waals surface area contributed by atoms with E-state index in [0.717, 1.165) is 22.2 Å². The third-order valence-corrected chi connectivity index (χ3v) is 3.97. The fourth-order valence-corrected chi connectivity index (χ4v) is 2.55. The van der Waals surface area contributed by atoms with Crippen molar-refractivity contribution in [2.45, 2.75) is 31.3 Å². The summed E-state index contributed by atoms with van der Waals surface area (Å²) >= 11 is 3.41. The SMILES string of the molecule is COc1ccc(Br)cc1CNC1(C(=O)O)CCC1. The Balaban J connectivity index is 2.10. The molecule has 4 nitrogen and oxygen atoms in total. The number of hydrogen-bond acceptors (Lipinski definition) is 3. The lowest BCUT2D eigenvalue weighted by atomic mass is 9.76. The van der Waals surface area contributed by atoms with Gasteiger partial charge in [-0.25, -0.2) is 0 Å². The summed E-state index contributed by atoms with van der Waals surface area (Å²) < 4.78 is 6.23. The second kappa shape index (κ2) is 5.28. The number of nitrogens with one attached hydrogen (secondary N) is 1. The highest BCUT2D eigenvalue weighted by molar-refractivity contribution is 9.10. The van der Waals surface area contributed by atoms with Gasteiger partial charge in [0.1, 0.15) is 11.3 Å². The van der Waals surface area contributed by atoms with Gasteiger partial charge >= 0.3 is 5.97 Å². The van der Waals surface area contributed by atoms with Crippen molar-refractivity contribution in [1.29, 1.82) is 0 Å². The van der Waals surface area contributed by atoms with Crippen LogP contribution in [0.3, 0.4) is 0 Å². The minimum Gasteiger partial charge on any atom is -0.496 e. The lowest BCUT2D eigenvalue weighted by Crippen LogP contribution is -2.56. The van der Waals surface area contributed by atoms with Crippen LogP contribution >= 0.6 is 15.9 Å². The van der Waals surface area contributed by atoms with Gasteiger partial charge in [-0.05, 0) is 37.5 Å². The van der Waals surface area contributed by atoms with Crippen molar-refractivity contribution >= 4 is 21.9 Å². The van der Waals surface area contributed by atoms with Gasteiger partial charge in [-0.1, -0.05) is 15.9 Å². The molecule has 1 aromatic carbocycles. The first kappa shape index (κ1) is 13.4. The van der Waals surface area contributed by atoms with E-state index in [1.165, 1.54) is 0 Å². The first-order chi connectivity index (χ1) is 8.57. The highest BCUT2D eigenvalue weighted by Gasteiger charge is 2.43. The van der Waals surface area contributed by atoms with E-state index in [4.69, 9.17) is 4.74 Å². The van der Waals surface area contributed by atoms with E-state index in [-0.39, 0.29) is 0 Å². The van der Waals surface area contributed by atoms with E-state index < -0.39 is 11.5 Å². The van der Waals surface area contributed by atoms with E-state index in [9.17, 15) is 9.90 Å². The number of carboxylic acids is 1. The van der Waals surface area contributed by atoms with E-state index in [2.05, 4.69) is 21.2 Å². The van der Waals surface area contributed by atoms with E-state index in [0.29, 0.717) is 19.4 Å². The average Bonchev–Trinajstić information content (AvgIpc) is 2.27. The molecule has 0 heterocycles. The molecule has 0 spiro atoms. The highest BCUT2D eigenvalue weighted by Crippen LogP contribution is 2.33. The van der Waals surface area contributed by atoms with Gasteiger partial charge < -0.3 is 9.84 Å². The average molecular weight is 314 g/mol. The van der Waals surface area contributed by atoms with Crippen LogP contribution < -0.4 is 10.1 Å². The molecule has 0 aliphatic heterocycles. The second-order valence-corrected chi connectivity index (χ2v) is 5.47. The Kier molecular flexibility index (Phi) is 3.92. The molecule has 1 fully saturated rings. The van der Waals surface area contributed by atoms with Crippen LogP contribution in [0, 0.1) is 0 Å². The molecule has 5 heteroatoms. The van der Waals surface area contributed by atoms with Crippen molar-refractivity contribution < 1.29 is 14.6 Å². The molecule has 0 atom stereocenters. The Bertz CT molecular complexity index is 458. The van der Waals surface area contributed by atoms with Crippen LogP contribution in [0.4, 0.5) is 0 Å². The molecule has 98 valence electrons. The smallest absolute Gasteiger partial charge is 0.323 e. The van der Waals surface area contributed by atoms with Crippen molar-refractivity contribution in [3.05, 3.63) is 28.2 Å². The summed E-state index contributed by atoms with van der Waals surface area (Å²) in [7, 11) is 1.61. The Morgan fingerprint density at radius 2 is 2.28 bits per heavy atom. The molecule has 0 unspecified atom stereocenters. The van der Waals surface area contributed by atoms with Crippen LogP contribution in [0.2, 0.25) is 0 Å². The standard InChI is InChI=1S/C13H16BrNO3/c1-18-11-4-3-10(14)7-9(11)8-15-13(12(16)17)5-2-6-13/h3-4,7,15H,2,5-6,8H2,1H3,(H,16,17). The molecule has 0 bridgehead atoms. The molecule has 2 N–H and O–H groups in total. The zero-order valence-electron chi connectivity index (χ0n) is 10.2. The first-order valence-corrected chi connectivity index (χ1v) is 6.67. The molecule has 18 heavy (non-hydrogen) atoms. The zero-order chi connectivity index (χ0) is 13.2. The van der Waals surface area contributed by atoms with Crippen molar-refractivity contribution in [1.82, 2.24) is 5.32 Å². The zero-order valence-corrected chi connectivity index (χ0v) is 11.8. The molecule has 1 aliphatic carbocycles. The number of carboxylic acid groups (broad SMARTS) is 1. The number of rotatable bonds is 5. The number of aliphatic carboxylic acids is 1. The number of halogens is 1. The third-order valence-electron chi connectivity index (χ3n) is 3.48. The summed E-state index contributed by atoms with van der Waals surface area (Å²) in [4.78, 5) is 11.2. The van der Waals surface area contributed by atoms with E-state index in [1.54, 1.807) is 7.11 Å². The van der Waals surface area contributed by atoms with Crippen molar-refractivity contribution in [2.75, 3.05) is 7.11 Å². The minimum absolute atomic E-state index is 0.495. The van der Waals surface area contributed by atoms with Gasteiger partial charge in [0.25, 0.3) is 0 Å². The Labute approximate surface area is 114 Å². The van der Waals surface area contributed by atoms with Gasteiger partial charge in [0.2, 0.25) is 0 Å². The van der Waals surface area contributed by atoms with Gasteiger partial charge in [-0.3, -0.25) is 10.1 Å². The molecule has 0 amide bonds. The van der Waals surface area contributed by atoms with Gasteiger partial charge in [-0.15, -0.1) is 0 Å². The van der Waals surface area contributed by atoms with Crippen LogP contribution in [0.25, 0.3) is 0 Å². The summed E-state index contributed by atoms with van der Waals surface area (Å²) in [6.45, 7) is 0.495. The largest absolute Gasteiger partial charge is 0.496 e. The topological polar surface area (TPSA) is 58.6 Å². The molecule has 1 saturated carbocycles. The number of ether oxygens (including phenoxy) is 1. The highest BCUT2D eigenvalue weighted by atomic mass is 79.9. The molecular formula is C13H16BrNO3. The molecule has 0 saturated heterocycles. The summed E-state index contributed by atoms with van der Waals surface area (Å²) in [5, 5.41) is 12.4. The van der Waals surface area contributed by atoms with Gasteiger partial charge in [0.15, 0.2) is 0 Å². The van der Waals surface area contributed by atoms with Gasteiger partial charge in [-0.2, -0.15) is 0 Å². The molecule has 0 radical (unpaired) electrons. The van der Waals surface area contributed by atoms with Gasteiger partial charge in [0.05, 0.1) is 7.11 Å². The maximum Gasteiger partial charge on any atom is 0.323 e. The van der Waals surface area contributed by atoms with Crippen LogP contribution in [0.15, 0.2) is 22.7 Å². The summed E-state index contributed by atoms with van der Waals surface area (Å²) in [6.07, 6.45) is 2.35. The summed E-state index contributed by atoms with van der Waals surface area (Å²) in [5.74, 6) is 0.00766. The third kappa shape index (κ3) is 2.52. The summed E-state index contributed by atoms with van der Waals surface area (Å²) in [6, 6.07) is 5.72. The first-order valence-electron chi connectivity index (χ1n) is 5.88. The Hall–Kier alpha value is -1.07. The monoisotopic (exact) mass is 313 g/mol. The normalized spacial score (nSPS) is 17.0. The van der Waals surface area contributed by atoms with Crippen molar-refractivity contribution in [3.63, 3.8) is 0 Å². The van der Waals surface area contributed by atoms with E-state index >= 15 is 0 Å². The van der Waals surface area contributed by atoms with Crippen molar-refractivity contribution in [2.24, 2.45) is 0 Å².